The van der Waals surface area contributed by atoms with Gasteiger partial charge in [0, 0.05) is 13.2 Å². The number of nitrogens with two attached hydrogens (primary N) is 1. The van der Waals surface area contributed by atoms with Crippen molar-refractivity contribution in [2.75, 3.05) is 19.8 Å². The van der Waals surface area contributed by atoms with E-state index in [-0.39, 0.29) is 13.2 Å². The van der Waals surface area contributed by atoms with Crippen LogP contribution in [0.25, 0.3) is 0 Å². The lowest BCUT2D eigenvalue weighted by atomic mass is 9.83. The third-order valence-corrected chi connectivity index (χ3v) is 3.88. The van der Waals surface area contributed by atoms with Crippen LogP contribution >= 0.6 is 0 Å². The average Bonchev–Trinajstić information content (AvgIpc) is 2.37. The van der Waals surface area contributed by atoms with E-state index in [1.165, 1.54) is 19.3 Å². The summed E-state index contributed by atoms with van der Waals surface area (Å²) in [4.78, 5) is 0. The van der Waals surface area contributed by atoms with Gasteiger partial charge in [-0.1, -0.05) is 49.6 Å². The van der Waals surface area contributed by atoms with Gasteiger partial charge in [0.1, 0.15) is 5.60 Å². The number of hydrogen-bond acceptors (Lipinski definition) is 3. The summed E-state index contributed by atoms with van der Waals surface area (Å²) in [7, 11) is 0. The largest absolute Gasteiger partial charge is 0.381 e. The molecule has 1 aromatic carbocycles. The monoisotopic (exact) mass is 249 g/mol. The van der Waals surface area contributed by atoms with Crippen molar-refractivity contribution in [3.8, 4) is 0 Å². The standard InChI is InChI=1S/C15H23NO2/c16-11-15(17,14-7-2-1-3-8-14)12-18-10-9-13-5-4-6-13/h1-3,7-8,13,17H,4-6,9-12,16H2. The first-order chi connectivity index (χ1) is 8.74. The van der Waals surface area contributed by atoms with E-state index in [0.717, 1.165) is 24.5 Å². The van der Waals surface area contributed by atoms with E-state index in [0.29, 0.717) is 0 Å². The molecule has 0 aliphatic heterocycles. The van der Waals surface area contributed by atoms with Gasteiger partial charge in [-0.2, -0.15) is 0 Å². The van der Waals surface area contributed by atoms with Crippen LogP contribution in [0.5, 0.6) is 0 Å². The van der Waals surface area contributed by atoms with Crippen molar-refractivity contribution in [2.45, 2.75) is 31.3 Å². The Morgan fingerprint density at radius 3 is 2.56 bits per heavy atom. The maximum Gasteiger partial charge on any atom is 0.125 e. The maximum atomic E-state index is 10.5. The highest BCUT2D eigenvalue weighted by Crippen LogP contribution is 2.29. The molecule has 1 atom stereocenters. The van der Waals surface area contributed by atoms with Crippen LogP contribution in [0.15, 0.2) is 30.3 Å². The van der Waals surface area contributed by atoms with Crippen LogP contribution in [-0.4, -0.2) is 24.9 Å². The van der Waals surface area contributed by atoms with Gasteiger partial charge in [-0.3, -0.25) is 0 Å². The first-order valence-corrected chi connectivity index (χ1v) is 6.80. The molecule has 1 unspecified atom stereocenters. The van der Waals surface area contributed by atoms with Gasteiger partial charge < -0.3 is 15.6 Å². The minimum absolute atomic E-state index is 0.181. The molecule has 1 fully saturated rings. The number of aliphatic hydroxyl groups is 1. The summed E-state index contributed by atoms with van der Waals surface area (Å²) in [6.45, 7) is 1.18. The Labute approximate surface area is 109 Å². The van der Waals surface area contributed by atoms with Gasteiger partial charge in [0.2, 0.25) is 0 Å². The van der Waals surface area contributed by atoms with Gasteiger partial charge in [0.15, 0.2) is 0 Å². The summed E-state index contributed by atoms with van der Waals surface area (Å²) < 4.78 is 5.62. The Morgan fingerprint density at radius 2 is 2.00 bits per heavy atom. The normalized spacial score (nSPS) is 19.2. The van der Waals surface area contributed by atoms with E-state index in [1.54, 1.807) is 0 Å². The predicted octanol–water partition coefficient (Wildman–Crippen LogP) is 2.04. The molecule has 0 radical (unpaired) electrons. The van der Waals surface area contributed by atoms with Crippen LogP contribution in [0.2, 0.25) is 0 Å². The predicted molar refractivity (Wildman–Crippen MR) is 72.2 cm³/mol. The fourth-order valence-electron chi connectivity index (χ4n) is 2.28. The Balaban J connectivity index is 1.80. The number of hydrogen-bond donors (Lipinski definition) is 2. The molecule has 3 nitrogen and oxygen atoms in total. The summed E-state index contributed by atoms with van der Waals surface area (Å²) in [5.41, 5.74) is 5.46. The van der Waals surface area contributed by atoms with E-state index in [4.69, 9.17) is 10.5 Å². The molecule has 100 valence electrons. The van der Waals surface area contributed by atoms with Crippen LogP contribution in [0.3, 0.4) is 0 Å². The minimum Gasteiger partial charge on any atom is -0.381 e. The van der Waals surface area contributed by atoms with Crippen LogP contribution in [0.1, 0.15) is 31.2 Å². The minimum atomic E-state index is -1.05. The van der Waals surface area contributed by atoms with Gasteiger partial charge in [-0.15, -0.1) is 0 Å². The lowest BCUT2D eigenvalue weighted by molar-refractivity contribution is -0.0484. The molecule has 0 spiro atoms. The molecule has 1 saturated carbocycles. The molecule has 0 heterocycles. The molecule has 1 aromatic rings. The SMILES string of the molecule is NCC(O)(COCCC1CCC1)c1ccccc1. The van der Waals surface area contributed by atoms with Crippen molar-refractivity contribution < 1.29 is 9.84 Å². The fraction of sp³-hybridized carbons (Fsp3) is 0.600. The third-order valence-electron chi connectivity index (χ3n) is 3.88. The second-order valence-electron chi connectivity index (χ2n) is 5.24. The summed E-state index contributed by atoms with van der Waals surface area (Å²) in [5.74, 6) is 0.840. The zero-order valence-corrected chi connectivity index (χ0v) is 10.8. The highest BCUT2D eigenvalue weighted by atomic mass is 16.5. The lowest BCUT2D eigenvalue weighted by Gasteiger charge is -2.28. The molecule has 0 bridgehead atoms. The summed E-state index contributed by atoms with van der Waals surface area (Å²) >= 11 is 0. The van der Waals surface area contributed by atoms with E-state index < -0.39 is 5.60 Å². The molecule has 0 saturated heterocycles. The smallest absolute Gasteiger partial charge is 0.125 e. The van der Waals surface area contributed by atoms with Crippen LogP contribution in [0, 0.1) is 5.92 Å². The molecule has 2 rings (SSSR count). The van der Waals surface area contributed by atoms with E-state index in [1.807, 2.05) is 30.3 Å². The first-order valence-electron chi connectivity index (χ1n) is 6.80. The lowest BCUT2D eigenvalue weighted by Crippen LogP contribution is -2.39. The van der Waals surface area contributed by atoms with Crippen LogP contribution in [-0.2, 0) is 10.3 Å². The zero-order chi connectivity index (χ0) is 12.8. The highest BCUT2D eigenvalue weighted by molar-refractivity contribution is 5.22. The molecule has 0 amide bonds. The van der Waals surface area contributed by atoms with Crippen molar-refractivity contribution in [3.05, 3.63) is 35.9 Å². The number of benzene rings is 1. The quantitative estimate of drug-likeness (QED) is 0.727. The molecule has 1 aliphatic rings. The first kappa shape index (κ1) is 13.5. The highest BCUT2D eigenvalue weighted by Gasteiger charge is 2.28. The van der Waals surface area contributed by atoms with Gasteiger partial charge >= 0.3 is 0 Å². The zero-order valence-electron chi connectivity index (χ0n) is 10.8. The summed E-state index contributed by atoms with van der Waals surface area (Å²) in [6, 6.07) is 9.52. The molecule has 3 N–H and O–H groups in total. The van der Waals surface area contributed by atoms with Crippen molar-refractivity contribution in [3.63, 3.8) is 0 Å². The van der Waals surface area contributed by atoms with Gasteiger partial charge in [0.05, 0.1) is 6.61 Å². The summed E-state index contributed by atoms with van der Waals surface area (Å²) in [6.07, 6.45) is 5.14. The van der Waals surface area contributed by atoms with Gasteiger partial charge in [0.25, 0.3) is 0 Å². The van der Waals surface area contributed by atoms with E-state index in [9.17, 15) is 5.11 Å². The van der Waals surface area contributed by atoms with Crippen molar-refractivity contribution in [1.29, 1.82) is 0 Å². The molecule has 18 heavy (non-hydrogen) atoms. The van der Waals surface area contributed by atoms with Gasteiger partial charge in [-0.05, 0) is 17.9 Å². The van der Waals surface area contributed by atoms with E-state index >= 15 is 0 Å². The Morgan fingerprint density at radius 1 is 1.28 bits per heavy atom. The second kappa shape index (κ2) is 6.32. The fourth-order valence-corrected chi connectivity index (χ4v) is 2.28. The Kier molecular flexibility index (Phi) is 4.75. The third kappa shape index (κ3) is 3.31. The topological polar surface area (TPSA) is 55.5 Å². The Bertz CT molecular complexity index is 351. The number of ether oxygens (including phenoxy) is 1. The average molecular weight is 249 g/mol. The maximum absolute atomic E-state index is 10.5. The number of rotatable bonds is 7. The molecule has 1 aliphatic carbocycles. The second-order valence-corrected chi connectivity index (χ2v) is 5.24. The van der Waals surface area contributed by atoms with Crippen molar-refractivity contribution in [1.82, 2.24) is 0 Å². The Hall–Kier alpha value is -0.900. The molecular formula is C15H23NO2. The van der Waals surface area contributed by atoms with Crippen molar-refractivity contribution in [2.24, 2.45) is 11.7 Å². The van der Waals surface area contributed by atoms with Gasteiger partial charge in [-0.25, -0.2) is 0 Å². The van der Waals surface area contributed by atoms with Crippen molar-refractivity contribution >= 4 is 0 Å². The molecule has 0 aromatic heterocycles. The molecular weight excluding hydrogens is 226 g/mol. The molecule has 3 heteroatoms. The summed E-state index contributed by atoms with van der Waals surface area (Å²) in [5, 5.41) is 10.5. The van der Waals surface area contributed by atoms with E-state index in [2.05, 4.69) is 0 Å². The van der Waals surface area contributed by atoms with Crippen LogP contribution < -0.4 is 5.73 Å². The van der Waals surface area contributed by atoms with Crippen LogP contribution in [0.4, 0.5) is 0 Å².